The molecule has 0 saturated carbocycles. The van der Waals surface area contributed by atoms with Gasteiger partial charge in [0.15, 0.2) is 0 Å². The van der Waals surface area contributed by atoms with Crippen molar-refractivity contribution < 1.29 is 9.13 Å². The maximum absolute atomic E-state index is 12.9. The van der Waals surface area contributed by atoms with Crippen molar-refractivity contribution in [1.29, 1.82) is 0 Å². The second-order valence-corrected chi connectivity index (χ2v) is 7.09. The monoisotopic (exact) mass is 423 g/mol. The highest BCUT2D eigenvalue weighted by atomic mass is 35.5. The maximum atomic E-state index is 12.9. The van der Waals surface area contributed by atoms with E-state index in [0.717, 1.165) is 47.3 Å². The van der Waals surface area contributed by atoms with Gasteiger partial charge in [0.1, 0.15) is 18.2 Å². The molecule has 0 spiro atoms. The van der Waals surface area contributed by atoms with E-state index >= 15 is 0 Å². The summed E-state index contributed by atoms with van der Waals surface area (Å²) in [5, 5.41) is 15.6. The molecule has 0 aliphatic carbocycles. The van der Waals surface area contributed by atoms with Crippen LogP contribution < -0.4 is 10.1 Å². The van der Waals surface area contributed by atoms with Crippen LogP contribution in [0.4, 0.5) is 4.39 Å². The standard InChI is InChI=1S/C19H22FN5OS.ClH/c1-25-19(22-23-24-25)27-11-3-10-21-13-16-4-2-5-18(12-16)26-14-15-6-8-17(20)9-7-15;/h2,4-9,12,21H,3,10-11,13-14H2,1H3;1H. The summed E-state index contributed by atoms with van der Waals surface area (Å²) in [5.74, 6) is 1.53. The molecule has 0 bridgehead atoms. The summed E-state index contributed by atoms with van der Waals surface area (Å²) in [4.78, 5) is 0. The Hall–Kier alpha value is -2.16. The molecular weight excluding hydrogens is 401 g/mol. The first-order chi connectivity index (χ1) is 13.2. The molecule has 2 aromatic carbocycles. The summed E-state index contributed by atoms with van der Waals surface area (Å²) in [6.45, 7) is 2.12. The summed E-state index contributed by atoms with van der Waals surface area (Å²) in [7, 11) is 1.84. The molecule has 6 nitrogen and oxygen atoms in total. The molecule has 0 aliphatic rings. The lowest BCUT2D eigenvalue weighted by Crippen LogP contribution is -2.15. The number of halogens is 2. The summed E-state index contributed by atoms with van der Waals surface area (Å²) < 4.78 is 20.4. The number of tetrazole rings is 1. The predicted octanol–water partition coefficient (Wildman–Crippen LogP) is 3.62. The average Bonchev–Trinajstić information content (AvgIpc) is 3.09. The van der Waals surface area contributed by atoms with Crippen molar-refractivity contribution in [3.8, 4) is 5.75 Å². The first-order valence-electron chi connectivity index (χ1n) is 8.73. The zero-order chi connectivity index (χ0) is 18.9. The minimum absolute atomic E-state index is 0. The number of benzene rings is 2. The van der Waals surface area contributed by atoms with Gasteiger partial charge in [-0.05, 0) is 58.8 Å². The van der Waals surface area contributed by atoms with E-state index in [1.807, 2.05) is 25.2 Å². The van der Waals surface area contributed by atoms with Crippen LogP contribution in [0.3, 0.4) is 0 Å². The minimum Gasteiger partial charge on any atom is -0.489 e. The topological polar surface area (TPSA) is 64.9 Å². The predicted molar refractivity (Wildman–Crippen MR) is 110 cm³/mol. The minimum atomic E-state index is -0.238. The lowest BCUT2D eigenvalue weighted by atomic mass is 10.2. The van der Waals surface area contributed by atoms with E-state index in [1.165, 1.54) is 12.1 Å². The third-order valence-corrected chi connectivity index (χ3v) is 4.95. The van der Waals surface area contributed by atoms with Crippen LogP contribution in [-0.4, -0.2) is 32.5 Å². The van der Waals surface area contributed by atoms with Gasteiger partial charge in [-0.15, -0.1) is 17.5 Å². The van der Waals surface area contributed by atoms with Gasteiger partial charge in [-0.3, -0.25) is 0 Å². The van der Waals surface area contributed by atoms with Crippen LogP contribution in [-0.2, 0) is 20.2 Å². The zero-order valence-electron chi connectivity index (χ0n) is 15.5. The maximum Gasteiger partial charge on any atom is 0.209 e. The molecule has 0 saturated heterocycles. The molecular formula is C19H23ClFN5OS. The summed E-state index contributed by atoms with van der Waals surface area (Å²) in [5.41, 5.74) is 2.10. The molecule has 3 aromatic rings. The van der Waals surface area contributed by atoms with Gasteiger partial charge < -0.3 is 10.1 Å². The molecule has 0 unspecified atom stereocenters. The highest BCUT2D eigenvalue weighted by molar-refractivity contribution is 7.99. The number of rotatable bonds is 10. The molecule has 0 fully saturated rings. The van der Waals surface area contributed by atoms with Crippen molar-refractivity contribution >= 4 is 24.2 Å². The summed E-state index contributed by atoms with van der Waals surface area (Å²) in [6.07, 6.45) is 1.03. The molecule has 28 heavy (non-hydrogen) atoms. The fourth-order valence-corrected chi connectivity index (χ4v) is 3.22. The molecule has 0 atom stereocenters. The summed E-state index contributed by atoms with van der Waals surface area (Å²) >= 11 is 1.65. The lowest BCUT2D eigenvalue weighted by Gasteiger charge is -2.09. The van der Waals surface area contributed by atoms with Gasteiger partial charge >= 0.3 is 0 Å². The van der Waals surface area contributed by atoms with Crippen molar-refractivity contribution in [3.63, 3.8) is 0 Å². The normalized spacial score (nSPS) is 10.5. The van der Waals surface area contributed by atoms with E-state index in [0.29, 0.717) is 6.61 Å². The van der Waals surface area contributed by atoms with E-state index < -0.39 is 0 Å². The number of hydrogen-bond donors (Lipinski definition) is 1. The Kier molecular flexibility index (Phi) is 9.19. The lowest BCUT2D eigenvalue weighted by molar-refractivity contribution is 0.305. The van der Waals surface area contributed by atoms with Crippen molar-refractivity contribution in [2.75, 3.05) is 12.3 Å². The average molecular weight is 424 g/mol. The van der Waals surface area contributed by atoms with Crippen LogP contribution in [0.25, 0.3) is 0 Å². The van der Waals surface area contributed by atoms with Crippen molar-refractivity contribution in [1.82, 2.24) is 25.5 Å². The molecule has 1 aromatic heterocycles. The van der Waals surface area contributed by atoms with Gasteiger partial charge in [0.2, 0.25) is 5.16 Å². The Morgan fingerprint density at radius 2 is 1.96 bits per heavy atom. The van der Waals surface area contributed by atoms with Crippen molar-refractivity contribution in [2.24, 2.45) is 7.05 Å². The highest BCUT2D eigenvalue weighted by Crippen LogP contribution is 2.16. The van der Waals surface area contributed by atoms with E-state index in [2.05, 4.69) is 26.9 Å². The second-order valence-electron chi connectivity index (χ2n) is 6.03. The smallest absolute Gasteiger partial charge is 0.209 e. The first kappa shape index (κ1) is 22.1. The van der Waals surface area contributed by atoms with Gasteiger partial charge in [-0.2, -0.15) is 0 Å². The number of ether oxygens (including phenoxy) is 1. The van der Waals surface area contributed by atoms with Crippen LogP contribution in [0, 0.1) is 5.82 Å². The van der Waals surface area contributed by atoms with Crippen LogP contribution in [0.2, 0.25) is 0 Å². The van der Waals surface area contributed by atoms with Gasteiger partial charge in [0.05, 0.1) is 0 Å². The Labute approximate surface area is 174 Å². The van der Waals surface area contributed by atoms with Crippen LogP contribution >= 0.6 is 24.2 Å². The van der Waals surface area contributed by atoms with Crippen molar-refractivity contribution in [3.05, 3.63) is 65.5 Å². The van der Waals surface area contributed by atoms with E-state index in [1.54, 1.807) is 28.6 Å². The molecule has 9 heteroatoms. The van der Waals surface area contributed by atoms with Gasteiger partial charge in [0.25, 0.3) is 0 Å². The second kappa shape index (κ2) is 11.6. The number of nitrogens with zero attached hydrogens (tertiary/aromatic N) is 4. The quantitative estimate of drug-likeness (QED) is 0.397. The van der Waals surface area contributed by atoms with Crippen LogP contribution in [0.15, 0.2) is 53.7 Å². The summed E-state index contributed by atoms with van der Waals surface area (Å²) in [6, 6.07) is 14.4. The van der Waals surface area contributed by atoms with E-state index in [4.69, 9.17) is 4.74 Å². The molecule has 0 aliphatic heterocycles. The molecule has 3 rings (SSSR count). The molecule has 0 amide bonds. The fraction of sp³-hybridized carbons (Fsp3) is 0.316. The number of aromatic nitrogens is 4. The third-order valence-electron chi connectivity index (χ3n) is 3.86. The zero-order valence-corrected chi connectivity index (χ0v) is 17.2. The SMILES string of the molecule is Cl.Cn1nnnc1SCCCNCc1cccc(OCc2ccc(F)cc2)c1. The molecule has 1 N–H and O–H groups in total. The number of nitrogens with one attached hydrogen (secondary N) is 1. The number of thioether (sulfide) groups is 1. The Morgan fingerprint density at radius 1 is 1.14 bits per heavy atom. The fourth-order valence-electron chi connectivity index (χ4n) is 2.43. The number of aryl methyl sites for hydroxylation is 1. The molecule has 150 valence electrons. The van der Waals surface area contributed by atoms with Gasteiger partial charge in [-0.1, -0.05) is 36.0 Å². The Bertz CT molecular complexity index is 846. The van der Waals surface area contributed by atoms with Crippen molar-refractivity contribution in [2.45, 2.75) is 24.7 Å². The van der Waals surface area contributed by atoms with E-state index in [9.17, 15) is 4.39 Å². The largest absolute Gasteiger partial charge is 0.489 e. The van der Waals surface area contributed by atoms with Crippen LogP contribution in [0.1, 0.15) is 17.5 Å². The highest BCUT2D eigenvalue weighted by Gasteiger charge is 2.02. The number of hydrogen-bond acceptors (Lipinski definition) is 6. The van der Waals surface area contributed by atoms with Crippen LogP contribution in [0.5, 0.6) is 5.75 Å². The Balaban J connectivity index is 0.00000280. The molecule has 0 radical (unpaired) electrons. The third kappa shape index (κ3) is 7.10. The van der Waals surface area contributed by atoms with E-state index in [-0.39, 0.29) is 18.2 Å². The first-order valence-corrected chi connectivity index (χ1v) is 9.71. The Morgan fingerprint density at radius 3 is 2.71 bits per heavy atom. The van der Waals surface area contributed by atoms with Gasteiger partial charge in [0, 0.05) is 19.3 Å². The van der Waals surface area contributed by atoms with Gasteiger partial charge in [-0.25, -0.2) is 9.07 Å². The molecule has 1 heterocycles.